The van der Waals surface area contributed by atoms with Crippen molar-refractivity contribution in [3.63, 3.8) is 0 Å². The number of hydrogen-bond acceptors (Lipinski definition) is 2. The zero-order valence-corrected chi connectivity index (χ0v) is 8.06. The number of imide groups is 1. The van der Waals surface area contributed by atoms with Crippen LogP contribution in [0.4, 0.5) is 0 Å². The fourth-order valence-corrected chi connectivity index (χ4v) is 3.77. The molecule has 0 aromatic heterocycles. The second-order valence-electron chi connectivity index (χ2n) is 4.90. The van der Waals surface area contributed by atoms with E-state index in [0.717, 1.165) is 37.7 Å². The highest BCUT2D eigenvalue weighted by Crippen LogP contribution is 2.66. The zero-order valence-electron chi connectivity index (χ0n) is 8.06. The standard InChI is InChI=1S/C11H13NO2/c1-7-5-10-3-2-4-11(10,6-7)9(14)12-8(10)13/h1-6H2,(H,12,13,14). The Balaban J connectivity index is 2.22. The molecule has 1 heterocycles. The van der Waals surface area contributed by atoms with E-state index in [1.807, 2.05) is 0 Å². The van der Waals surface area contributed by atoms with Gasteiger partial charge in [0, 0.05) is 0 Å². The van der Waals surface area contributed by atoms with Crippen molar-refractivity contribution in [2.45, 2.75) is 32.1 Å². The molecule has 1 N–H and O–H groups in total. The van der Waals surface area contributed by atoms with Crippen LogP contribution in [-0.4, -0.2) is 11.8 Å². The molecular weight excluding hydrogens is 178 g/mol. The Morgan fingerprint density at radius 1 is 1.07 bits per heavy atom. The highest BCUT2D eigenvalue weighted by Gasteiger charge is 2.70. The van der Waals surface area contributed by atoms with E-state index in [0.29, 0.717) is 0 Å². The van der Waals surface area contributed by atoms with Crippen LogP contribution in [0.25, 0.3) is 0 Å². The lowest BCUT2D eigenvalue weighted by molar-refractivity contribution is -0.129. The van der Waals surface area contributed by atoms with E-state index < -0.39 is 10.8 Å². The number of amides is 2. The molecule has 2 saturated carbocycles. The SMILES string of the molecule is C=C1CC23CCCC2(C1)C(=O)NC3=O. The molecule has 74 valence electrons. The smallest absolute Gasteiger partial charge is 0.234 e. The molecule has 0 aromatic carbocycles. The van der Waals surface area contributed by atoms with Gasteiger partial charge in [0.1, 0.15) is 0 Å². The van der Waals surface area contributed by atoms with E-state index in [-0.39, 0.29) is 11.8 Å². The van der Waals surface area contributed by atoms with Gasteiger partial charge in [-0.3, -0.25) is 14.9 Å². The van der Waals surface area contributed by atoms with Gasteiger partial charge < -0.3 is 0 Å². The first-order valence-corrected chi connectivity index (χ1v) is 5.13. The van der Waals surface area contributed by atoms with Gasteiger partial charge in [-0.2, -0.15) is 0 Å². The molecule has 0 bridgehead atoms. The minimum atomic E-state index is -0.402. The largest absolute Gasteiger partial charge is 0.295 e. The fraction of sp³-hybridized carbons (Fsp3) is 0.636. The monoisotopic (exact) mass is 191 g/mol. The summed E-state index contributed by atoms with van der Waals surface area (Å²) in [6.07, 6.45) is 4.19. The van der Waals surface area contributed by atoms with Crippen molar-refractivity contribution in [3.05, 3.63) is 12.2 Å². The molecule has 2 atom stereocenters. The number of allylic oxidation sites excluding steroid dienone is 1. The minimum absolute atomic E-state index is 0.0429. The normalized spacial score (nSPS) is 45.3. The van der Waals surface area contributed by atoms with E-state index >= 15 is 0 Å². The lowest BCUT2D eigenvalue weighted by atomic mass is 9.70. The topological polar surface area (TPSA) is 46.2 Å². The molecule has 1 aliphatic heterocycles. The summed E-state index contributed by atoms with van der Waals surface area (Å²) >= 11 is 0. The maximum absolute atomic E-state index is 11.8. The van der Waals surface area contributed by atoms with Gasteiger partial charge in [0.15, 0.2) is 0 Å². The van der Waals surface area contributed by atoms with Crippen LogP contribution in [-0.2, 0) is 9.59 Å². The molecule has 3 aliphatic rings. The molecule has 3 nitrogen and oxygen atoms in total. The second kappa shape index (κ2) is 2.10. The Bertz CT molecular complexity index is 341. The van der Waals surface area contributed by atoms with Crippen molar-refractivity contribution < 1.29 is 9.59 Å². The third kappa shape index (κ3) is 0.606. The molecule has 2 aliphatic carbocycles. The quantitative estimate of drug-likeness (QED) is 0.461. The van der Waals surface area contributed by atoms with Crippen molar-refractivity contribution >= 4 is 11.8 Å². The Morgan fingerprint density at radius 3 is 2.07 bits per heavy atom. The summed E-state index contributed by atoms with van der Waals surface area (Å²) in [5, 5.41) is 2.50. The first-order valence-electron chi connectivity index (χ1n) is 5.13. The van der Waals surface area contributed by atoms with E-state index in [9.17, 15) is 9.59 Å². The van der Waals surface area contributed by atoms with Crippen LogP contribution in [0.2, 0.25) is 0 Å². The minimum Gasteiger partial charge on any atom is -0.295 e. The van der Waals surface area contributed by atoms with Crippen LogP contribution >= 0.6 is 0 Å². The van der Waals surface area contributed by atoms with Crippen LogP contribution in [0.5, 0.6) is 0 Å². The van der Waals surface area contributed by atoms with Crippen molar-refractivity contribution in [1.29, 1.82) is 0 Å². The van der Waals surface area contributed by atoms with Gasteiger partial charge in [0.05, 0.1) is 10.8 Å². The average Bonchev–Trinajstić information content (AvgIpc) is 2.61. The van der Waals surface area contributed by atoms with E-state index in [1.165, 1.54) is 0 Å². The van der Waals surface area contributed by atoms with Crippen molar-refractivity contribution in [2.75, 3.05) is 0 Å². The predicted octanol–water partition coefficient (Wildman–Crippen LogP) is 1.15. The summed E-state index contributed by atoms with van der Waals surface area (Å²) in [7, 11) is 0. The number of hydrogen-bond donors (Lipinski definition) is 1. The van der Waals surface area contributed by atoms with Crippen LogP contribution < -0.4 is 5.32 Å². The Labute approximate surface area is 82.6 Å². The van der Waals surface area contributed by atoms with Crippen LogP contribution in [0, 0.1) is 10.8 Å². The molecule has 1 saturated heterocycles. The van der Waals surface area contributed by atoms with Gasteiger partial charge >= 0.3 is 0 Å². The molecular formula is C11H13NO2. The van der Waals surface area contributed by atoms with Gasteiger partial charge in [-0.15, -0.1) is 0 Å². The van der Waals surface area contributed by atoms with Crippen molar-refractivity contribution in [1.82, 2.24) is 5.32 Å². The zero-order chi connectivity index (χ0) is 9.97. The number of nitrogens with one attached hydrogen (secondary N) is 1. The summed E-state index contributed by atoms with van der Waals surface area (Å²) in [6.45, 7) is 3.95. The summed E-state index contributed by atoms with van der Waals surface area (Å²) in [5.41, 5.74) is 0.274. The van der Waals surface area contributed by atoms with Gasteiger partial charge in [-0.25, -0.2) is 0 Å². The number of rotatable bonds is 0. The van der Waals surface area contributed by atoms with E-state index in [4.69, 9.17) is 0 Å². The van der Waals surface area contributed by atoms with Gasteiger partial charge in [-0.05, 0) is 25.7 Å². The molecule has 2 unspecified atom stereocenters. The van der Waals surface area contributed by atoms with Gasteiger partial charge in [0.2, 0.25) is 11.8 Å². The Morgan fingerprint density at radius 2 is 1.57 bits per heavy atom. The first kappa shape index (κ1) is 8.21. The third-order valence-electron chi connectivity index (χ3n) is 4.32. The highest BCUT2D eigenvalue weighted by molar-refractivity contribution is 6.11. The summed E-state index contributed by atoms with van der Waals surface area (Å²) in [6, 6.07) is 0. The Kier molecular flexibility index (Phi) is 1.23. The highest BCUT2D eigenvalue weighted by atomic mass is 16.2. The second-order valence-corrected chi connectivity index (χ2v) is 4.90. The molecule has 2 amide bonds. The predicted molar refractivity (Wildman–Crippen MR) is 50.2 cm³/mol. The maximum Gasteiger partial charge on any atom is 0.234 e. The molecule has 3 fully saturated rings. The van der Waals surface area contributed by atoms with Crippen molar-refractivity contribution in [3.8, 4) is 0 Å². The van der Waals surface area contributed by atoms with Gasteiger partial charge in [0.25, 0.3) is 0 Å². The molecule has 3 rings (SSSR count). The Hall–Kier alpha value is -1.12. The molecule has 0 aromatic rings. The summed E-state index contributed by atoms with van der Waals surface area (Å²) in [4.78, 5) is 23.7. The lowest BCUT2D eigenvalue weighted by Crippen LogP contribution is -2.35. The van der Waals surface area contributed by atoms with Crippen molar-refractivity contribution in [2.24, 2.45) is 10.8 Å². The number of carbonyl (C=O) groups excluding carboxylic acids is 2. The molecule has 0 radical (unpaired) electrons. The van der Waals surface area contributed by atoms with Gasteiger partial charge in [-0.1, -0.05) is 18.6 Å². The first-order chi connectivity index (χ1) is 6.61. The number of carbonyl (C=O) groups is 2. The molecule has 3 heteroatoms. The van der Waals surface area contributed by atoms with Crippen LogP contribution in [0.1, 0.15) is 32.1 Å². The molecule has 14 heavy (non-hydrogen) atoms. The fourth-order valence-electron chi connectivity index (χ4n) is 3.77. The lowest BCUT2D eigenvalue weighted by Gasteiger charge is -2.27. The van der Waals surface area contributed by atoms with Crippen LogP contribution in [0.15, 0.2) is 12.2 Å². The molecule has 0 spiro atoms. The maximum atomic E-state index is 11.8. The summed E-state index contributed by atoms with van der Waals surface area (Å²) in [5.74, 6) is -0.0858. The average molecular weight is 191 g/mol. The van der Waals surface area contributed by atoms with E-state index in [1.54, 1.807) is 0 Å². The van der Waals surface area contributed by atoms with Crippen LogP contribution in [0.3, 0.4) is 0 Å². The van der Waals surface area contributed by atoms with E-state index in [2.05, 4.69) is 11.9 Å². The summed E-state index contributed by atoms with van der Waals surface area (Å²) < 4.78 is 0. The third-order valence-corrected chi connectivity index (χ3v) is 4.32.